The number of hydrogen-bond donors (Lipinski definition) is 0. The fourth-order valence-electron chi connectivity index (χ4n) is 1.03. The number of benzene rings is 1. The molecule has 0 aromatic heterocycles. The zero-order chi connectivity index (χ0) is 7.84. The summed E-state index contributed by atoms with van der Waals surface area (Å²) in [5, 5.41) is 7.39. The highest BCUT2D eigenvalue weighted by Crippen LogP contribution is 2.32. The molecule has 0 spiro atoms. The number of azo groups is 1. The number of hydrogen-bond acceptors (Lipinski definition) is 2. The number of halogens is 2. The van der Waals surface area contributed by atoms with E-state index in [9.17, 15) is 4.39 Å². The molecule has 0 unspecified atom stereocenters. The van der Waals surface area contributed by atoms with Gasteiger partial charge >= 0.3 is 0 Å². The summed E-state index contributed by atoms with van der Waals surface area (Å²) in [7, 11) is 0. The smallest absolute Gasteiger partial charge is 0.152 e. The van der Waals surface area contributed by atoms with E-state index in [1.807, 2.05) is 6.07 Å². The molecular formula is C7H4BrFN2. The molecule has 2 rings (SSSR count). The van der Waals surface area contributed by atoms with Crippen LogP contribution in [0.4, 0.5) is 10.1 Å². The van der Waals surface area contributed by atoms with E-state index in [2.05, 4.69) is 26.2 Å². The molecule has 1 heterocycles. The van der Waals surface area contributed by atoms with Crippen LogP contribution < -0.4 is 0 Å². The van der Waals surface area contributed by atoms with E-state index < -0.39 is 0 Å². The Bertz CT molecular complexity index is 335. The molecule has 1 aromatic rings. The molecule has 0 radical (unpaired) electrons. The summed E-state index contributed by atoms with van der Waals surface area (Å²) in [4.78, 5) is 0. The second kappa shape index (κ2) is 2.37. The average molecular weight is 215 g/mol. The standard InChI is InChI=1S/C7H4BrFN2/c8-5-1-4-3-10-11-7(4)6(9)2-5/h1-2H,3H2. The van der Waals surface area contributed by atoms with Crippen LogP contribution in [0.15, 0.2) is 26.8 Å². The van der Waals surface area contributed by atoms with Gasteiger partial charge in [0.1, 0.15) is 5.69 Å². The van der Waals surface area contributed by atoms with Crippen molar-refractivity contribution in [1.82, 2.24) is 0 Å². The molecule has 0 amide bonds. The predicted molar refractivity (Wildman–Crippen MR) is 42.3 cm³/mol. The summed E-state index contributed by atoms with van der Waals surface area (Å²) in [5.41, 5.74) is 1.23. The zero-order valence-corrected chi connectivity index (χ0v) is 7.10. The van der Waals surface area contributed by atoms with Crippen molar-refractivity contribution in [2.24, 2.45) is 10.2 Å². The lowest BCUT2D eigenvalue weighted by Gasteiger charge is -1.96. The SMILES string of the molecule is Fc1cc(Br)cc2c1N=NC2. The topological polar surface area (TPSA) is 24.7 Å². The minimum Gasteiger partial charge on any atom is -0.204 e. The first kappa shape index (κ1) is 6.91. The molecule has 0 saturated carbocycles. The van der Waals surface area contributed by atoms with Crippen LogP contribution in [0.1, 0.15) is 5.56 Å². The van der Waals surface area contributed by atoms with Crippen LogP contribution in [0, 0.1) is 5.82 Å². The van der Waals surface area contributed by atoms with Crippen molar-refractivity contribution in [2.45, 2.75) is 6.54 Å². The Balaban J connectivity index is 2.67. The van der Waals surface area contributed by atoms with E-state index in [0.29, 0.717) is 12.2 Å². The summed E-state index contributed by atoms with van der Waals surface area (Å²) in [6.45, 7) is 0.492. The van der Waals surface area contributed by atoms with Gasteiger partial charge in [0.05, 0.1) is 6.54 Å². The molecule has 0 atom stereocenters. The highest BCUT2D eigenvalue weighted by Gasteiger charge is 2.13. The van der Waals surface area contributed by atoms with Crippen molar-refractivity contribution < 1.29 is 4.39 Å². The lowest BCUT2D eigenvalue weighted by atomic mass is 10.2. The monoisotopic (exact) mass is 214 g/mol. The van der Waals surface area contributed by atoms with E-state index in [-0.39, 0.29) is 5.82 Å². The second-order valence-electron chi connectivity index (χ2n) is 2.29. The van der Waals surface area contributed by atoms with Crippen LogP contribution in [0.3, 0.4) is 0 Å². The van der Waals surface area contributed by atoms with E-state index in [0.717, 1.165) is 10.0 Å². The van der Waals surface area contributed by atoms with E-state index in [1.54, 1.807) is 0 Å². The molecule has 1 aromatic carbocycles. The molecule has 1 aliphatic heterocycles. The number of rotatable bonds is 0. The number of nitrogens with zero attached hydrogens (tertiary/aromatic N) is 2. The Morgan fingerprint density at radius 1 is 1.45 bits per heavy atom. The number of fused-ring (bicyclic) bond motifs is 1. The average Bonchev–Trinajstić information content (AvgIpc) is 2.34. The Kier molecular flexibility index (Phi) is 1.49. The van der Waals surface area contributed by atoms with Gasteiger partial charge in [-0.25, -0.2) is 4.39 Å². The van der Waals surface area contributed by atoms with Crippen molar-refractivity contribution >= 4 is 21.6 Å². The van der Waals surface area contributed by atoms with E-state index in [4.69, 9.17) is 0 Å². The fraction of sp³-hybridized carbons (Fsp3) is 0.143. The largest absolute Gasteiger partial charge is 0.204 e. The molecule has 0 aliphatic carbocycles. The second-order valence-corrected chi connectivity index (χ2v) is 3.21. The summed E-state index contributed by atoms with van der Waals surface area (Å²) in [5.74, 6) is -0.310. The maximum Gasteiger partial charge on any atom is 0.152 e. The van der Waals surface area contributed by atoms with Crippen molar-refractivity contribution in [3.8, 4) is 0 Å². The summed E-state index contributed by atoms with van der Waals surface area (Å²) in [6.07, 6.45) is 0. The molecule has 2 nitrogen and oxygen atoms in total. The maximum absolute atomic E-state index is 13.0. The van der Waals surface area contributed by atoms with Crippen molar-refractivity contribution in [2.75, 3.05) is 0 Å². The third-order valence-corrected chi connectivity index (χ3v) is 1.98. The third kappa shape index (κ3) is 1.07. The quantitative estimate of drug-likeness (QED) is 0.634. The van der Waals surface area contributed by atoms with Crippen LogP contribution >= 0.6 is 15.9 Å². The Hall–Kier alpha value is -0.770. The van der Waals surface area contributed by atoms with Crippen LogP contribution in [0.5, 0.6) is 0 Å². The fourth-order valence-corrected chi connectivity index (χ4v) is 1.51. The van der Waals surface area contributed by atoms with Crippen molar-refractivity contribution in [1.29, 1.82) is 0 Å². The lowest BCUT2D eigenvalue weighted by molar-refractivity contribution is 0.628. The van der Waals surface area contributed by atoms with Gasteiger partial charge in [-0.05, 0) is 12.1 Å². The first-order valence-corrected chi connectivity index (χ1v) is 3.92. The van der Waals surface area contributed by atoms with Crippen LogP contribution in [-0.2, 0) is 6.54 Å². The normalized spacial score (nSPS) is 13.6. The van der Waals surface area contributed by atoms with E-state index >= 15 is 0 Å². The van der Waals surface area contributed by atoms with Gasteiger partial charge in [0, 0.05) is 10.0 Å². The van der Waals surface area contributed by atoms with Gasteiger partial charge in [0.15, 0.2) is 5.82 Å². The first-order valence-electron chi connectivity index (χ1n) is 3.13. The summed E-state index contributed by atoms with van der Waals surface area (Å²) >= 11 is 3.19. The molecular weight excluding hydrogens is 211 g/mol. The highest BCUT2D eigenvalue weighted by molar-refractivity contribution is 9.10. The Labute approximate surface area is 71.3 Å². The first-order chi connectivity index (χ1) is 5.27. The molecule has 0 fully saturated rings. The summed E-state index contributed by atoms with van der Waals surface area (Å²) < 4.78 is 13.7. The Morgan fingerprint density at radius 3 is 3.09 bits per heavy atom. The van der Waals surface area contributed by atoms with Crippen molar-refractivity contribution in [3.63, 3.8) is 0 Å². The minimum absolute atomic E-state index is 0.310. The van der Waals surface area contributed by atoms with Crippen LogP contribution in [0.25, 0.3) is 0 Å². The van der Waals surface area contributed by atoms with Gasteiger partial charge in [-0.1, -0.05) is 15.9 Å². The molecule has 4 heteroatoms. The molecule has 11 heavy (non-hydrogen) atoms. The third-order valence-electron chi connectivity index (χ3n) is 1.52. The van der Waals surface area contributed by atoms with Gasteiger partial charge in [0.25, 0.3) is 0 Å². The van der Waals surface area contributed by atoms with Gasteiger partial charge in [-0.2, -0.15) is 10.2 Å². The van der Waals surface area contributed by atoms with Crippen molar-refractivity contribution in [3.05, 3.63) is 28.0 Å². The van der Waals surface area contributed by atoms with E-state index in [1.165, 1.54) is 6.07 Å². The van der Waals surface area contributed by atoms with Gasteiger partial charge < -0.3 is 0 Å². The highest BCUT2D eigenvalue weighted by atomic mass is 79.9. The summed E-state index contributed by atoms with van der Waals surface area (Å²) in [6, 6.07) is 3.22. The maximum atomic E-state index is 13.0. The van der Waals surface area contributed by atoms with Gasteiger partial charge in [-0.3, -0.25) is 0 Å². The molecule has 0 N–H and O–H groups in total. The molecule has 1 aliphatic rings. The predicted octanol–water partition coefficient (Wildman–Crippen LogP) is 3.19. The minimum atomic E-state index is -0.310. The lowest BCUT2D eigenvalue weighted by Crippen LogP contribution is -1.81. The van der Waals surface area contributed by atoms with Crippen LogP contribution in [-0.4, -0.2) is 0 Å². The van der Waals surface area contributed by atoms with Gasteiger partial charge in [0.2, 0.25) is 0 Å². The molecule has 56 valence electrons. The van der Waals surface area contributed by atoms with Crippen LogP contribution in [0.2, 0.25) is 0 Å². The Morgan fingerprint density at radius 2 is 2.27 bits per heavy atom. The molecule has 0 saturated heterocycles. The zero-order valence-electron chi connectivity index (χ0n) is 5.51. The molecule has 0 bridgehead atoms. The van der Waals surface area contributed by atoms with Gasteiger partial charge in [-0.15, -0.1) is 0 Å².